The van der Waals surface area contributed by atoms with Gasteiger partial charge in [0.15, 0.2) is 0 Å². The summed E-state index contributed by atoms with van der Waals surface area (Å²) in [5, 5.41) is 3.54. The van der Waals surface area contributed by atoms with E-state index in [1.165, 1.54) is 31.4 Å². The van der Waals surface area contributed by atoms with Crippen molar-refractivity contribution < 1.29 is 0 Å². The Kier molecular flexibility index (Phi) is 5.79. The molecule has 17 heavy (non-hydrogen) atoms. The van der Waals surface area contributed by atoms with Gasteiger partial charge in [-0.1, -0.05) is 79.2 Å². The molecule has 0 atom stereocenters. The zero-order chi connectivity index (χ0) is 11.4. The summed E-state index contributed by atoms with van der Waals surface area (Å²) in [7, 11) is -1.31. The van der Waals surface area contributed by atoms with Crippen LogP contribution in [0.2, 0.25) is 12.1 Å². The molecule has 0 spiro atoms. The molecule has 0 N–H and O–H groups in total. The van der Waals surface area contributed by atoms with Crippen molar-refractivity contribution in [2.45, 2.75) is 45.2 Å². The average Bonchev–Trinajstić information content (AvgIpc) is 2.98. The number of hydrogen-bond acceptors (Lipinski definition) is 0. The summed E-state index contributed by atoms with van der Waals surface area (Å²) in [6.07, 6.45) is 17.7. The second-order valence-electron chi connectivity index (χ2n) is 4.83. The standard InChI is InChI=1S/C15H22Si.Li.H/c1-3-13-16(4-2,14-9-5-6-10-14)15-11-7-8-12-15;;/h5-9,11H,3-4,10,12-13H2,1-2H3;;. The van der Waals surface area contributed by atoms with E-state index in [1.807, 2.05) is 0 Å². The molecule has 0 aliphatic heterocycles. The van der Waals surface area contributed by atoms with Gasteiger partial charge in [0.25, 0.3) is 0 Å². The Hall–Kier alpha value is -0.226. The fourth-order valence-corrected chi connectivity index (χ4v) is 8.21. The maximum absolute atomic E-state index is 2.41. The van der Waals surface area contributed by atoms with Crippen LogP contribution in [0, 0.1) is 0 Å². The first kappa shape index (κ1) is 14.8. The van der Waals surface area contributed by atoms with Crippen LogP contribution in [0.15, 0.2) is 46.8 Å². The van der Waals surface area contributed by atoms with Crippen LogP contribution < -0.4 is 0 Å². The summed E-state index contributed by atoms with van der Waals surface area (Å²) < 4.78 is 0. The first-order chi connectivity index (χ1) is 7.83. The van der Waals surface area contributed by atoms with Crippen LogP contribution in [-0.2, 0) is 0 Å². The van der Waals surface area contributed by atoms with Crippen molar-refractivity contribution in [3.05, 3.63) is 46.8 Å². The summed E-state index contributed by atoms with van der Waals surface area (Å²) in [4.78, 5) is 0. The van der Waals surface area contributed by atoms with Gasteiger partial charge in [-0.2, -0.15) is 0 Å². The summed E-state index contributed by atoms with van der Waals surface area (Å²) in [6.45, 7) is 4.74. The van der Waals surface area contributed by atoms with Gasteiger partial charge in [0.05, 0.1) is 0 Å². The second-order valence-corrected chi connectivity index (χ2v) is 9.49. The Balaban J connectivity index is 0.00000144. The molecule has 2 heteroatoms. The molecule has 2 aliphatic rings. The Labute approximate surface area is 119 Å². The Morgan fingerprint density at radius 1 is 1.00 bits per heavy atom. The van der Waals surface area contributed by atoms with E-state index in [9.17, 15) is 0 Å². The third kappa shape index (κ3) is 2.79. The minimum atomic E-state index is -1.31. The molecule has 88 valence electrons. The first-order valence-electron chi connectivity index (χ1n) is 6.56. The molecular formula is C15H23LiSi. The molecule has 0 fully saturated rings. The summed E-state index contributed by atoms with van der Waals surface area (Å²) in [6, 6.07) is 2.81. The van der Waals surface area contributed by atoms with Crippen molar-refractivity contribution in [2.24, 2.45) is 0 Å². The van der Waals surface area contributed by atoms with E-state index >= 15 is 0 Å². The Morgan fingerprint density at radius 3 is 1.82 bits per heavy atom. The van der Waals surface area contributed by atoms with Crippen LogP contribution in [0.5, 0.6) is 0 Å². The van der Waals surface area contributed by atoms with Gasteiger partial charge < -0.3 is 0 Å². The topological polar surface area (TPSA) is 0 Å². The van der Waals surface area contributed by atoms with Crippen LogP contribution in [0.1, 0.15) is 33.1 Å². The van der Waals surface area contributed by atoms with Crippen LogP contribution >= 0.6 is 0 Å². The Morgan fingerprint density at radius 2 is 1.53 bits per heavy atom. The average molecular weight is 238 g/mol. The molecule has 0 radical (unpaired) electrons. The number of rotatable bonds is 5. The normalized spacial score (nSPS) is 18.0. The van der Waals surface area contributed by atoms with E-state index in [-0.39, 0.29) is 18.9 Å². The van der Waals surface area contributed by atoms with E-state index in [1.54, 1.807) is 10.4 Å². The molecule has 0 unspecified atom stereocenters. The van der Waals surface area contributed by atoms with Crippen molar-refractivity contribution in [2.75, 3.05) is 0 Å². The van der Waals surface area contributed by atoms with Gasteiger partial charge >= 0.3 is 18.9 Å². The maximum atomic E-state index is 2.41. The van der Waals surface area contributed by atoms with Gasteiger partial charge in [-0.3, -0.25) is 0 Å². The van der Waals surface area contributed by atoms with Gasteiger partial charge in [-0.05, 0) is 12.8 Å². The second kappa shape index (κ2) is 6.64. The molecule has 0 saturated heterocycles. The van der Waals surface area contributed by atoms with Crippen LogP contribution in [0.3, 0.4) is 0 Å². The Bertz CT molecular complexity index is 344. The molecule has 0 nitrogen and oxygen atoms in total. The van der Waals surface area contributed by atoms with Crippen molar-refractivity contribution in [1.29, 1.82) is 0 Å². The summed E-state index contributed by atoms with van der Waals surface area (Å²) >= 11 is 0. The van der Waals surface area contributed by atoms with Crippen molar-refractivity contribution in [3.63, 3.8) is 0 Å². The number of allylic oxidation sites excluding steroid dienone is 8. The van der Waals surface area contributed by atoms with Gasteiger partial charge in [-0.15, -0.1) is 0 Å². The minimum absolute atomic E-state index is 0. The van der Waals surface area contributed by atoms with E-state index in [4.69, 9.17) is 0 Å². The van der Waals surface area contributed by atoms with E-state index < -0.39 is 8.07 Å². The van der Waals surface area contributed by atoms with Crippen LogP contribution in [0.25, 0.3) is 0 Å². The molecular weight excluding hydrogens is 215 g/mol. The zero-order valence-corrected chi connectivity index (χ0v) is 11.5. The molecule has 0 aromatic heterocycles. The third-order valence-electron chi connectivity index (χ3n) is 4.05. The van der Waals surface area contributed by atoms with Crippen molar-refractivity contribution in [1.82, 2.24) is 0 Å². The van der Waals surface area contributed by atoms with Gasteiger partial charge in [0.1, 0.15) is 8.07 Å². The quantitative estimate of drug-likeness (QED) is 0.633. The van der Waals surface area contributed by atoms with Crippen LogP contribution in [-0.4, -0.2) is 26.9 Å². The van der Waals surface area contributed by atoms with Gasteiger partial charge in [-0.25, -0.2) is 0 Å². The summed E-state index contributed by atoms with van der Waals surface area (Å²) in [5.41, 5.74) is 0. The van der Waals surface area contributed by atoms with Crippen LogP contribution in [0.4, 0.5) is 0 Å². The monoisotopic (exact) mass is 238 g/mol. The fourth-order valence-electron chi connectivity index (χ4n) is 3.19. The fraction of sp³-hybridized carbons (Fsp3) is 0.467. The third-order valence-corrected chi connectivity index (χ3v) is 9.81. The van der Waals surface area contributed by atoms with Gasteiger partial charge in [0, 0.05) is 0 Å². The van der Waals surface area contributed by atoms with Gasteiger partial charge in [0.2, 0.25) is 0 Å². The predicted molar refractivity (Wildman–Crippen MR) is 82.2 cm³/mol. The predicted octanol–water partition coefficient (Wildman–Crippen LogP) is 4.07. The van der Waals surface area contributed by atoms with E-state index in [0.29, 0.717) is 0 Å². The summed E-state index contributed by atoms with van der Waals surface area (Å²) in [5.74, 6) is 0. The molecule has 0 aromatic carbocycles. The van der Waals surface area contributed by atoms with Crippen molar-refractivity contribution >= 4 is 26.9 Å². The molecule has 0 saturated carbocycles. The molecule has 0 amide bonds. The zero-order valence-electron chi connectivity index (χ0n) is 10.5. The molecule has 2 aliphatic carbocycles. The van der Waals surface area contributed by atoms with Crippen molar-refractivity contribution in [3.8, 4) is 0 Å². The molecule has 0 bridgehead atoms. The molecule has 2 rings (SSSR count). The van der Waals surface area contributed by atoms with E-state index in [2.05, 4.69) is 50.3 Å². The number of hydrogen-bond donors (Lipinski definition) is 0. The van der Waals surface area contributed by atoms with E-state index in [0.717, 1.165) is 0 Å². The first-order valence-corrected chi connectivity index (χ1v) is 8.97. The SMILES string of the molecule is CCC[Si](CC)(C1=CC=CC1)C1=CC=CC1.[LiH]. The molecule has 0 heterocycles. The molecule has 0 aromatic rings.